The lowest BCUT2D eigenvalue weighted by atomic mass is 9.90. The van der Waals surface area contributed by atoms with Crippen molar-refractivity contribution in [3.05, 3.63) is 51.2 Å². The van der Waals surface area contributed by atoms with Gasteiger partial charge in [-0.1, -0.05) is 19.1 Å². The molecule has 1 unspecified atom stereocenters. The van der Waals surface area contributed by atoms with Crippen LogP contribution in [0, 0.1) is 17.2 Å². The highest BCUT2D eigenvalue weighted by atomic mass is 32.2. The van der Waals surface area contributed by atoms with E-state index < -0.39 is 10.0 Å². The number of amides is 1. The van der Waals surface area contributed by atoms with Crippen LogP contribution in [0.25, 0.3) is 0 Å². The SMILES string of the molecule is CC1CCc2sc(C(=O)N3CCN(S(=O)(=O)c4ccccc4C#N)CC3)cc2C1. The van der Waals surface area contributed by atoms with Gasteiger partial charge in [0.15, 0.2) is 0 Å². The summed E-state index contributed by atoms with van der Waals surface area (Å²) in [6.07, 6.45) is 3.24. The Balaban J connectivity index is 1.46. The van der Waals surface area contributed by atoms with E-state index in [2.05, 4.69) is 6.92 Å². The number of fused-ring (bicyclic) bond motifs is 1. The minimum atomic E-state index is -3.75. The second kappa shape index (κ2) is 7.90. The lowest BCUT2D eigenvalue weighted by Crippen LogP contribution is -2.50. The first-order chi connectivity index (χ1) is 13.9. The third kappa shape index (κ3) is 3.82. The zero-order chi connectivity index (χ0) is 20.6. The molecule has 4 rings (SSSR count). The number of rotatable bonds is 3. The molecule has 0 spiro atoms. The van der Waals surface area contributed by atoms with E-state index in [0.717, 1.165) is 17.7 Å². The molecule has 1 aromatic carbocycles. The van der Waals surface area contributed by atoms with Gasteiger partial charge in [0.2, 0.25) is 10.0 Å². The van der Waals surface area contributed by atoms with E-state index in [1.807, 2.05) is 12.1 Å². The number of sulfonamides is 1. The van der Waals surface area contributed by atoms with E-state index in [-0.39, 0.29) is 29.5 Å². The number of hydrogen-bond acceptors (Lipinski definition) is 5. The van der Waals surface area contributed by atoms with Gasteiger partial charge in [0, 0.05) is 31.1 Å². The summed E-state index contributed by atoms with van der Waals surface area (Å²) in [6.45, 7) is 3.41. The van der Waals surface area contributed by atoms with Gasteiger partial charge in [-0.15, -0.1) is 11.3 Å². The number of thiophene rings is 1. The van der Waals surface area contributed by atoms with Crippen LogP contribution in [-0.2, 0) is 22.9 Å². The molecule has 1 fully saturated rings. The molecule has 1 amide bonds. The largest absolute Gasteiger partial charge is 0.335 e. The average molecular weight is 430 g/mol. The van der Waals surface area contributed by atoms with Crippen LogP contribution in [0.5, 0.6) is 0 Å². The van der Waals surface area contributed by atoms with Crippen molar-refractivity contribution in [1.82, 2.24) is 9.21 Å². The fraction of sp³-hybridized carbons (Fsp3) is 0.429. The molecule has 1 aromatic heterocycles. The first kappa shape index (κ1) is 20.1. The maximum absolute atomic E-state index is 13.0. The van der Waals surface area contributed by atoms with Crippen LogP contribution in [0.1, 0.15) is 39.0 Å². The second-order valence-electron chi connectivity index (χ2n) is 7.71. The van der Waals surface area contributed by atoms with Gasteiger partial charge in [0.05, 0.1) is 15.3 Å². The zero-order valence-corrected chi connectivity index (χ0v) is 17.9. The zero-order valence-electron chi connectivity index (χ0n) is 16.3. The fourth-order valence-electron chi connectivity index (χ4n) is 4.02. The summed E-state index contributed by atoms with van der Waals surface area (Å²) in [5.41, 5.74) is 1.44. The van der Waals surface area contributed by atoms with E-state index in [0.29, 0.717) is 19.0 Å². The Labute approximate surface area is 175 Å². The van der Waals surface area contributed by atoms with Gasteiger partial charge >= 0.3 is 0 Å². The van der Waals surface area contributed by atoms with Crippen LogP contribution in [0.4, 0.5) is 0 Å². The van der Waals surface area contributed by atoms with E-state index in [1.165, 1.54) is 33.3 Å². The number of carbonyl (C=O) groups is 1. The maximum atomic E-state index is 13.0. The number of carbonyl (C=O) groups excluding carboxylic acids is 1. The number of aryl methyl sites for hydroxylation is 1. The molecule has 2 aliphatic rings. The van der Waals surface area contributed by atoms with E-state index >= 15 is 0 Å². The molecule has 152 valence electrons. The highest BCUT2D eigenvalue weighted by Crippen LogP contribution is 2.33. The van der Waals surface area contributed by atoms with Crippen molar-refractivity contribution in [1.29, 1.82) is 5.26 Å². The molecule has 0 N–H and O–H groups in total. The average Bonchev–Trinajstić information content (AvgIpc) is 3.16. The summed E-state index contributed by atoms with van der Waals surface area (Å²) in [5, 5.41) is 9.22. The van der Waals surface area contributed by atoms with Crippen LogP contribution in [-0.4, -0.2) is 49.7 Å². The monoisotopic (exact) mass is 429 g/mol. The minimum absolute atomic E-state index is 0.00785. The van der Waals surface area contributed by atoms with E-state index in [1.54, 1.807) is 28.4 Å². The summed E-state index contributed by atoms with van der Waals surface area (Å²) in [5.74, 6) is 0.650. The smallest absolute Gasteiger partial charge is 0.264 e. The van der Waals surface area contributed by atoms with Gasteiger partial charge < -0.3 is 4.90 Å². The molecule has 29 heavy (non-hydrogen) atoms. The highest BCUT2D eigenvalue weighted by Gasteiger charge is 2.32. The van der Waals surface area contributed by atoms with Crippen LogP contribution in [0.3, 0.4) is 0 Å². The maximum Gasteiger partial charge on any atom is 0.264 e. The molecule has 1 aliphatic carbocycles. The first-order valence-corrected chi connectivity index (χ1v) is 12.1. The highest BCUT2D eigenvalue weighted by molar-refractivity contribution is 7.89. The molecular weight excluding hydrogens is 406 g/mol. The minimum Gasteiger partial charge on any atom is -0.335 e. The summed E-state index contributed by atoms with van der Waals surface area (Å²) in [7, 11) is -3.75. The normalized spacial score (nSPS) is 20.1. The number of benzene rings is 1. The third-order valence-electron chi connectivity index (χ3n) is 5.69. The quantitative estimate of drug-likeness (QED) is 0.751. The predicted octanol–water partition coefficient (Wildman–Crippen LogP) is 2.89. The van der Waals surface area contributed by atoms with Crippen molar-refractivity contribution < 1.29 is 13.2 Å². The first-order valence-electron chi connectivity index (χ1n) is 9.80. The van der Waals surface area contributed by atoms with Crippen molar-refractivity contribution in [2.45, 2.75) is 31.1 Å². The molecule has 0 saturated carbocycles. The van der Waals surface area contributed by atoms with Gasteiger partial charge in [0.25, 0.3) is 5.91 Å². The topological polar surface area (TPSA) is 81.5 Å². The van der Waals surface area contributed by atoms with Crippen molar-refractivity contribution in [2.75, 3.05) is 26.2 Å². The third-order valence-corrected chi connectivity index (χ3v) is 8.87. The summed E-state index contributed by atoms with van der Waals surface area (Å²) < 4.78 is 27.3. The number of hydrogen-bond donors (Lipinski definition) is 0. The molecule has 0 bridgehead atoms. The predicted molar refractivity (Wildman–Crippen MR) is 111 cm³/mol. The van der Waals surface area contributed by atoms with Crippen LogP contribution < -0.4 is 0 Å². The number of nitriles is 1. The van der Waals surface area contributed by atoms with Gasteiger partial charge in [0.1, 0.15) is 6.07 Å². The molecule has 8 heteroatoms. The number of nitrogens with zero attached hydrogens (tertiary/aromatic N) is 3. The summed E-state index contributed by atoms with van der Waals surface area (Å²) >= 11 is 1.59. The fourth-order valence-corrected chi connectivity index (χ4v) is 6.76. The molecule has 1 atom stereocenters. The molecule has 6 nitrogen and oxygen atoms in total. The Morgan fingerprint density at radius 3 is 2.66 bits per heavy atom. The van der Waals surface area contributed by atoms with Crippen LogP contribution in [0.2, 0.25) is 0 Å². The molecule has 1 saturated heterocycles. The van der Waals surface area contributed by atoms with E-state index in [9.17, 15) is 18.5 Å². The van der Waals surface area contributed by atoms with Crippen molar-refractivity contribution in [3.8, 4) is 6.07 Å². The van der Waals surface area contributed by atoms with Crippen molar-refractivity contribution >= 4 is 27.3 Å². The molecule has 2 heterocycles. The molecule has 2 aromatic rings. The van der Waals surface area contributed by atoms with Crippen LogP contribution >= 0.6 is 11.3 Å². The van der Waals surface area contributed by atoms with Crippen molar-refractivity contribution in [3.63, 3.8) is 0 Å². The Morgan fingerprint density at radius 2 is 1.93 bits per heavy atom. The molecule has 0 radical (unpaired) electrons. The van der Waals surface area contributed by atoms with Crippen LogP contribution in [0.15, 0.2) is 35.2 Å². The Kier molecular flexibility index (Phi) is 5.47. The Morgan fingerprint density at radius 1 is 1.21 bits per heavy atom. The Hall–Kier alpha value is -2.21. The summed E-state index contributed by atoms with van der Waals surface area (Å²) in [4.78, 5) is 16.8. The summed E-state index contributed by atoms with van der Waals surface area (Å²) in [6, 6.07) is 10.2. The van der Waals surface area contributed by atoms with Gasteiger partial charge in [-0.25, -0.2) is 8.42 Å². The van der Waals surface area contributed by atoms with Crippen molar-refractivity contribution in [2.24, 2.45) is 5.92 Å². The number of piperazine rings is 1. The lowest BCUT2D eigenvalue weighted by molar-refractivity contribution is 0.0702. The molecular formula is C21H23N3O3S2. The van der Waals surface area contributed by atoms with E-state index in [4.69, 9.17) is 0 Å². The second-order valence-corrected chi connectivity index (χ2v) is 10.8. The van der Waals surface area contributed by atoms with Gasteiger partial charge in [-0.05, 0) is 48.9 Å². The standard InChI is InChI=1S/C21H23N3O3S2/c1-15-6-7-18-17(12-15)13-19(28-18)21(25)23-8-10-24(11-9-23)29(26,27)20-5-3-2-4-16(20)14-22/h2-5,13,15H,6-12H2,1H3. The Bertz CT molecular complexity index is 1080. The van der Waals surface area contributed by atoms with Gasteiger partial charge in [-0.3, -0.25) is 4.79 Å². The lowest BCUT2D eigenvalue weighted by Gasteiger charge is -2.33. The van der Waals surface area contributed by atoms with Gasteiger partial charge in [-0.2, -0.15) is 9.57 Å². The molecule has 1 aliphatic heterocycles.